The van der Waals surface area contributed by atoms with E-state index in [4.69, 9.17) is 19.1 Å². The van der Waals surface area contributed by atoms with E-state index in [1.165, 1.54) is 5.56 Å². The van der Waals surface area contributed by atoms with Crippen LogP contribution in [0.1, 0.15) is 31.8 Å². The van der Waals surface area contributed by atoms with Crippen LogP contribution < -0.4 is 0 Å². The first kappa shape index (κ1) is 32.7. The van der Waals surface area contributed by atoms with E-state index in [0.29, 0.717) is 11.6 Å². The summed E-state index contributed by atoms with van der Waals surface area (Å²) in [6.45, 7) is 4.45. The Morgan fingerprint density at radius 3 is 1.80 bits per heavy atom. The summed E-state index contributed by atoms with van der Waals surface area (Å²) in [4.78, 5) is 15.7. The zero-order chi connectivity index (χ0) is 47.6. The van der Waals surface area contributed by atoms with E-state index in [2.05, 4.69) is 170 Å². The lowest BCUT2D eigenvalue weighted by atomic mass is 9.82. The highest BCUT2D eigenvalue weighted by Gasteiger charge is 2.37. The van der Waals surface area contributed by atoms with Crippen LogP contribution in [0.3, 0.4) is 0 Å². The van der Waals surface area contributed by atoms with Crippen molar-refractivity contribution in [3.05, 3.63) is 217 Å². The lowest BCUT2D eigenvalue weighted by molar-refractivity contribution is 0.660. The van der Waals surface area contributed by atoms with Gasteiger partial charge in [0.25, 0.3) is 0 Å². The van der Waals surface area contributed by atoms with Gasteiger partial charge < -0.3 is 4.57 Å². The fraction of sp³-hybridized carbons (Fsp3) is 0.0500. The van der Waals surface area contributed by atoms with Gasteiger partial charge in [0.05, 0.1) is 17.9 Å². The van der Waals surface area contributed by atoms with Crippen LogP contribution in [0, 0.1) is 0 Å². The average molecular weight is 854 g/mol. The molecule has 0 aliphatic heterocycles. The van der Waals surface area contributed by atoms with Gasteiger partial charge >= 0.3 is 0 Å². The molecule has 0 unspecified atom stereocenters. The zero-order valence-electron chi connectivity index (χ0n) is 40.4. The molecule has 9 aromatic carbocycles. The third kappa shape index (κ3) is 5.86. The van der Waals surface area contributed by atoms with Gasteiger partial charge in [0, 0.05) is 58.7 Å². The minimum Gasteiger partial charge on any atom is -0.309 e. The summed E-state index contributed by atoms with van der Waals surface area (Å²) >= 11 is 1.68. The smallest absolute Gasteiger partial charge is 0.165 e. The van der Waals surface area contributed by atoms with E-state index in [1.807, 2.05) is 24.3 Å². The van der Waals surface area contributed by atoms with Gasteiger partial charge in [0.2, 0.25) is 0 Å². The van der Waals surface area contributed by atoms with Gasteiger partial charge in [-0.2, -0.15) is 0 Å². The van der Waals surface area contributed by atoms with Crippen LogP contribution >= 0.6 is 11.3 Å². The van der Waals surface area contributed by atoms with Crippen LogP contribution in [-0.2, 0) is 5.41 Å². The van der Waals surface area contributed by atoms with Crippen molar-refractivity contribution < 1.29 is 6.85 Å². The summed E-state index contributed by atoms with van der Waals surface area (Å²) in [5.41, 5.74) is 12.9. The maximum absolute atomic E-state index is 9.18. The first-order valence-electron chi connectivity index (χ1n) is 24.3. The Balaban J connectivity index is 1.14. The molecule has 0 bridgehead atoms. The Morgan fingerprint density at radius 1 is 0.431 bits per heavy atom. The molecule has 0 radical (unpaired) electrons. The molecule has 13 rings (SSSR count). The molecule has 0 saturated carbocycles. The second kappa shape index (κ2) is 14.5. The van der Waals surface area contributed by atoms with Crippen LogP contribution in [0.15, 0.2) is 206 Å². The highest BCUT2D eigenvalue weighted by Crippen LogP contribution is 2.52. The molecular formula is C60H40N4S. The summed E-state index contributed by atoms with van der Waals surface area (Å²) < 4.78 is 48.6. The second-order valence-corrected chi connectivity index (χ2v) is 18.2. The van der Waals surface area contributed by atoms with Gasteiger partial charge in [-0.25, -0.2) is 15.0 Å². The van der Waals surface area contributed by atoms with E-state index in [-0.39, 0.29) is 28.9 Å². The van der Waals surface area contributed by atoms with Crippen molar-refractivity contribution in [3.8, 4) is 73.2 Å². The van der Waals surface area contributed by atoms with E-state index < -0.39 is 18.1 Å². The predicted molar refractivity (Wildman–Crippen MR) is 272 cm³/mol. The second-order valence-electron chi connectivity index (χ2n) is 17.2. The van der Waals surface area contributed by atoms with Gasteiger partial charge in [-0.3, -0.25) is 0 Å². The van der Waals surface area contributed by atoms with E-state index in [9.17, 15) is 2.74 Å². The molecule has 0 spiro atoms. The molecule has 12 aromatic rings. The van der Waals surface area contributed by atoms with Crippen molar-refractivity contribution in [1.82, 2.24) is 19.5 Å². The zero-order valence-corrected chi connectivity index (χ0v) is 36.3. The fourth-order valence-corrected chi connectivity index (χ4v) is 11.5. The molecule has 3 aromatic heterocycles. The Morgan fingerprint density at radius 2 is 1.00 bits per heavy atom. The molecule has 306 valence electrons. The van der Waals surface area contributed by atoms with Gasteiger partial charge in [-0.05, 0) is 74.8 Å². The number of aromatic nitrogens is 4. The normalized spacial score (nSPS) is 14.0. The van der Waals surface area contributed by atoms with Crippen LogP contribution in [0.4, 0.5) is 0 Å². The van der Waals surface area contributed by atoms with Gasteiger partial charge in [0.15, 0.2) is 17.5 Å². The molecule has 0 saturated heterocycles. The number of fused-ring (bicyclic) bond motifs is 9. The molecule has 4 nitrogen and oxygen atoms in total. The highest BCUT2D eigenvalue weighted by atomic mass is 32.1. The van der Waals surface area contributed by atoms with Gasteiger partial charge in [-0.1, -0.05) is 190 Å². The minimum atomic E-state index is -0.482. The van der Waals surface area contributed by atoms with Gasteiger partial charge in [-0.15, -0.1) is 11.3 Å². The van der Waals surface area contributed by atoms with Crippen molar-refractivity contribution in [3.63, 3.8) is 0 Å². The monoisotopic (exact) mass is 853 g/mol. The van der Waals surface area contributed by atoms with E-state index in [0.717, 1.165) is 97.7 Å². The third-order valence-electron chi connectivity index (χ3n) is 13.2. The van der Waals surface area contributed by atoms with Gasteiger partial charge in [0.1, 0.15) is 0 Å². The van der Waals surface area contributed by atoms with Crippen LogP contribution in [0.2, 0.25) is 0 Å². The molecule has 1 aliphatic rings. The number of thiophene rings is 1. The number of para-hydroxylation sites is 2. The summed E-state index contributed by atoms with van der Waals surface area (Å²) in [5.74, 6) is 0.656. The number of rotatable bonds is 6. The fourth-order valence-electron chi connectivity index (χ4n) is 10.1. The first-order chi connectivity index (χ1) is 34.1. The summed E-state index contributed by atoms with van der Waals surface area (Å²) in [5, 5.41) is 4.34. The molecular weight excluding hydrogens is 809 g/mol. The summed E-state index contributed by atoms with van der Waals surface area (Å²) in [6.07, 6.45) is 0. The standard InChI is InChI=1S/C60H40N4S/c1-60(2)50-30-12-9-26-46(50)54-47(29-17-31-51(54)60)58-61-57(38-20-7-4-8-21-38)62-59(63-58)49-36-41(64-52-32-13-10-24-43(52)44-25-11-14-33-53(44)64)35-48-45-28-16-27-42(55(45)65-56(48)49)40-23-15-22-39(34-40)37-18-5-3-6-19-37/h3-36H,1-2H3/i4D,7D,8D,20D,21D. The lowest BCUT2D eigenvalue weighted by Gasteiger charge is -2.21. The van der Waals surface area contributed by atoms with E-state index >= 15 is 0 Å². The van der Waals surface area contributed by atoms with Crippen molar-refractivity contribution >= 4 is 53.3 Å². The molecule has 5 heteroatoms. The molecule has 0 N–H and O–H groups in total. The Labute approximate surface area is 387 Å². The molecule has 0 fully saturated rings. The first-order valence-corrected chi connectivity index (χ1v) is 22.6. The molecule has 65 heavy (non-hydrogen) atoms. The van der Waals surface area contributed by atoms with Crippen molar-refractivity contribution in [2.75, 3.05) is 0 Å². The topological polar surface area (TPSA) is 43.6 Å². The van der Waals surface area contributed by atoms with Crippen LogP contribution in [0.25, 0.3) is 115 Å². The number of hydrogen-bond donors (Lipinski definition) is 0. The Kier molecular flexibility index (Phi) is 7.30. The van der Waals surface area contributed by atoms with Crippen LogP contribution in [0.5, 0.6) is 0 Å². The maximum atomic E-state index is 9.18. The quantitative estimate of drug-likeness (QED) is 0.167. The van der Waals surface area contributed by atoms with Crippen molar-refractivity contribution in [1.29, 1.82) is 0 Å². The largest absolute Gasteiger partial charge is 0.309 e. The van der Waals surface area contributed by atoms with Crippen molar-refractivity contribution in [2.24, 2.45) is 0 Å². The average Bonchev–Trinajstić information content (AvgIpc) is 4.03. The SMILES string of the molecule is [2H]c1c([2H])c([2H])c(-c2nc(-c3cccc4c3-c3ccccc3C4(C)C)nc(-c3cc(-n4c5ccccc5c5ccccc54)cc4c3sc3c(-c5cccc(-c6ccccc6)c5)cccc34)n2)c([2H])c1[2H]. The highest BCUT2D eigenvalue weighted by molar-refractivity contribution is 7.26. The maximum Gasteiger partial charge on any atom is 0.165 e. The molecule has 0 amide bonds. The Bertz CT molecular complexity index is 4090. The molecule has 3 heterocycles. The molecule has 0 atom stereocenters. The predicted octanol–water partition coefficient (Wildman–Crippen LogP) is 16.0. The third-order valence-corrected chi connectivity index (χ3v) is 14.4. The number of benzene rings is 9. The van der Waals surface area contributed by atoms with E-state index in [1.54, 1.807) is 11.3 Å². The molecule has 1 aliphatic carbocycles. The number of hydrogen-bond acceptors (Lipinski definition) is 4. The van der Waals surface area contributed by atoms with Crippen LogP contribution in [-0.4, -0.2) is 19.5 Å². The Hall–Kier alpha value is -7.99. The minimum absolute atomic E-state index is 0.00455. The number of nitrogens with zero attached hydrogens (tertiary/aromatic N) is 4. The van der Waals surface area contributed by atoms with Crippen molar-refractivity contribution in [2.45, 2.75) is 19.3 Å². The summed E-state index contributed by atoms with van der Waals surface area (Å²) in [7, 11) is 0. The summed E-state index contributed by atoms with van der Waals surface area (Å²) in [6, 6.07) is 59.3. The lowest BCUT2D eigenvalue weighted by Crippen LogP contribution is -2.14.